The Morgan fingerprint density at radius 2 is 1.95 bits per heavy atom. The first-order chi connectivity index (χ1) is 9.10. The maximum atomic E-state index is 10.0. The summed E-state index contributed by atoms with van der Waals surface area (Å²) in [6.07, 6.45) is 4.65. The van der Waals surface area contributed by atoms with Gasteiger partial charge in [-0.3, -0.25) is 0 Å². The van der Waals surface area contributed by atoms with Gasteiger partial charge >= 0.3 is 5.89 Å². The van der Waals surface area contributed by atoms with Gasteiger partial charge in [0.1, 0.15) is 0 Å². The molecule has 4 heteroatoms. The fourth-order valence-electron chi connectivity index (χ4n) is 2.94. The van der Waals surface area contributed by atoms with Crippen molar-refractivity contribution >= 4 is 0 Å². The lowest BCUT2D eigenvalue weighted by atomic mass is 9.88. The average molecular weight is 259 g/mol. The molecular formula is C15H19N2O2+. The van der Waals surface area contributed by atoms with Gasteiger partial charge in [0.25, 0.3) is 11.6 Å². The molecule has 1 aromatic heterocycles. The minimum Gasteiger partial charge on any atom is -0.502 e. The standard InChI is InChI=1S/C15H18N2O2/c1-11-16-17(12-7-3-4-8-13(12)18)14(19-11)15(2)9-5-6-10-15/h3-4,7-8H,5-6,9-10H2,1-2H3/p+1. The van der Waals surface area contributed by atoms with Crippen LogP contribution in [0.2, 0.25) is 0 Å². The number of benzene rings is 1. The van der Waals surface area contributed by atoms with Crippen molar-refractivity contribution in [1.29, 1.82) is 0 Å². The largest absolute Gasteiger partial charge is 0.502 e. The number of hydrogen-bond donors (Lipinski definition) is 1. The summed E-state index contributed by atoms with van der Waals surface area (Å²) in [6, 6.07) is 7.24. The van der Waals surface area contributed by atoms with Crippen LogP contribution in [0.15, 0.2) is 28.7 Å². The van der Waals surface area contributed by atoms with E-state index in [1.807, 2.05) is 25.1 Å². The van der Waals surface area contributed by atoms with E-state index >= 15 is 0 Å². The summed E-state index contributed by atoms with van der Waals surface area (Å²) in [5, 5.41) is 14.4. The second-order valence-electron chi connectivity index (χ2n) is 5.59. The van der Waals surface area contributed by atoms with Crippen LogP contribution in [0.3, 0.4) is 0 Å². The predicted molar refractivity (Wildman–Crippen MR) is 70.3 cm³/mol. The van der Waals surface area contributed by atoms with Gasteiger partial charge in [-0.05, 0) is 30.5 Å². The first-order valence-corrected chi connectivity index (χ1v) is 6.79. The Bertz CT molecular complexity index is 598. The lowest BCUT2D eigenvalue weighted by Gasteiger charge is -2.14. The van der Waals surface area contributed by atoms with E-state index in [1.54, 1.807) is 10.7 Å². The van der Waals surface area contributed by atoms with Crippen LogP contribution >= 0.6 is 0 Å². The molecule has 1 saturated carbocycles. The van der Waals surface area contributed by atoms with Gasteiger partial charge in [-0.2, -0.15) is 0 Å². The highest BCUT2D eigenvalue weighted by Crippen LogP contribution is 2.39. The number of nitrogens with zero attached hydrogens (tertiary/aromatic N) is 2. The predicted octanol–water partition coefficient (Wildman–Crippen LogP) is 2.80. The zero-order valence-electron chi connectivity index (χ0n) is 11.4. The second-order valence-corrected chi connectivity index (χ2v) is 5.59. The summed E-state index contributed by atoms with van der Waals surface area (Å²) in [7, 11) is 0. The van der Waals surface area contributed by atoms with Crippen molar-refractivity contribution in [3.63, 3.8) is 0 Å². The average Bonchev–Trinajstić information content (AvgIpc) is 2.97. The number of aromatic nitrogens is 2. The third kappa shape index (κ3) is 2.01. The van der Waals surface area contributed by atoms with Gasteiger partial charge in [0, 0.05) is 18.1 Å². The van der Waals surface area contributed by atoms with E-state index in [2.05, 4.69) is 12.0 Å². The molecule has 0 spiro atoms. The first-order valence-electron chi connectivity index (χ1n) is 6.79. The molecule has 1 N–H and O–H groups in total. The van der Waals surface area contributed by atoms with Crippen LogP contribution in [0.1, 0.15) is 44.4 Å². The molecule has 0 radical (unpaired) electrons. The minimum atomic E-state index is 0.0174. The summed E-state index contributed by atoms with van der Waals surface area (Å²) in [4.78, 5) is 0. The van der Waals surface area contributed by atoms with E-state index < -0.39 is 0 Å². The van der Waals surface area contributed by atoms with E-state index in [-0.39, 0.29) is 11.2 Å². The third-order valence-electron chi connectivity index (χ3n) is 4.01. The molecule has 100 valence electrons. The molecule has 1 fully saturated rings. The molecule has 4 nitrogen and oxygen atoms in total. The molecule has 0 amide bonds. The lowest BCUT2D eigenvalue weighted by molar-refractivity contribution is -0.673. The van der Waals surface area contributed by atoms with Crippen molar-refractivity contribution in [3.8, 4) is 11.4 Å². The fraction of sp³-hybridized carbons (Fsp3) is 0.467. The normalized spacial score (nSPS) is 17.8. The van der Waals surface area contributed by atoms with Crippen molar-refractivity contribution in [2.24, 2.45) is 0 Å². The van der Waals surface area contributed by atoms with Gasteiger partial charge in [-0.15, -0.1) is 0 Å². The van der Waals surface area contributed by atoms with Crippen LogP contribution in [0.4, 0.5) is 0 Å². The number of para-hydroxylation sites is 2. The maximum absolute atomic E-state index is 10.0. The van der Waals surface area contributed by atoms with Gasteiger partial charge in [0.15, 0.2) is 5.75 Å². The van der Waals surface area contributed by atoms with Crippen molar-refractivity contribution < 1.29 is 14.2 Å². The number of aromatic hydroxyl groups is 1. The van der Waals surface area contributed by atoms with Gasteiger partial charge in [0.05, 0.1) is 5.41 Å². The Labute approximate surface area is 112 Å². The Morgan fingerprint density at radius 1 is 1.26 bits per heavy atom. The Kier molecular flexibility index (Phi) is 2.81. The quantitative estimate of drug-likeness (QED) is 0.844. The molecule has 0 aliphatic heterocycles. The molecule has 3 rings (SSSR count). The highest BCUT2D eigenvalue weighted by molar-refractivity contribution is 5.38. The summed E-state index contributed by atoms with van der Waals surface area (Å²) in [5.41, 5.74) is 0.700. The highest BCUT2D eigenvalue weighted by atomic mass is 16.4. The fourth-order valence-corrected chi connectivity index (χ4v) is 2.94. The molecule has 1 aromatic carbocycles. The van der Waals surface area contributed by atoms with E-state index in [0.29, 0.717) is 11.6 Å². The van der Waals surface area contributed by atoms with Gasteiger partial charge in [-0.1, -0.05) is 25.0 Å². The third-order valence-corrected chi connectivity index (χ3v) is 4.01. The molecule has 0 saturated heterocycles. The van der Waals surface area contributed by atoms with Crippen LogP contribution in [0, 0.1) is 6.92 Å². The van der Waals surface area contributed by atoms with Crippen LogP contribution < -0.4 is 4.68 Å². The number of phenols is 1. The zero-order valence-corrected chi connectivity index (χ0v) is 11.4. The Balaban J connectivity index is 2.15. The molecule has 2 aromatic rings. The Hall–Kier alpha value is -1.84. The zero-order chi connectivity index (χ0) is 13.5. The molecule has 1 aliphatic carbocycles. The van der Waals surface area contributed by atoms with Crippen molar-refractivity contribution in [2.75, 3.05) is 0 Å². The monoisotopic (exact) mass is 259 g/mol. The van der Waals surface area contributed by atoms with E-state index in [0.717, 1.165) is 18.7 Å². The van der Waals surface area contributed by atoms with Crippen molar-refractivity contribution in [1.82, 2.24) is 5.10 Å². The smallest absolute Gasteiger partial charge is 0.386 e. The second kappa shape index (κ2) is 4.37. The molecule has 0 atom stereocenters. The van der Waals surface area contributed by atoms with E-state index in [9.17, 15) is 5.11 Å². The van der Waals surface area contributed by atoms with Crippen LogP contribution in [0.5, 0.6) is 5.75 Å². The van der Waals surface area contributed by atoms with Gasteiger partial charge < -0.3 is 9.52 Å². The van der Waals surface area contributed by atoms with E-state index in [4.69, 9.17) is 4.42 Å². The van der Waals surface area contributed by atoms with Gasteiger partial charge in [-0.25, -0.2) is 0 Å². The van der Waals surface area contributed by atoms with Gasteiger partial charge in [0.2, 0.25) is 0 Å². The highest BCUT2D eigenvalue weighted by Gasteiger charge is 2.44. The molecular weight excluding hydrogens is 240 g/mol. The summed E-state index contributed by atoms with van der Waals surface area (Å²) in [5.74, 6) is 1.71. The van der Waals surface area contributed by atoms with E-state index in [1.165, 1.54) is 12.8 Å². The van der Waals surface area contributed by atoms with Crippen LogP contribution in [0.25, 0.3) is 5.69 Å². The molecule has 0 bridgehead atoms. The minimum absolute atomic E-state index is 0.0174. The topological polar surface area (TPSA) is 50.1 Å². The molecule has 0 unspecified atom stereocenters. The number of hydrogen-bond acceptors (Lipinski definition) is 3. The molecule has 1 aliphatic rings. The first kappa shape index (κ1) is 12.2. The number of rotatable bonds is 2. The molecule has 19 heavy (non-hydrogen) atoms. The van der Waals surface area contributed by atoms with Crippen LogP contribution in [-0.4, -0.2) is 10.2 Å². The van der Waals surface area contributed by atoms with Crippen molar-refractivity contribution in [3.05, 3.63) is 36.0 Å². The number of phenolic OH excluding ortho intramolecular Hbond substituents is 1. The van der Waals surface area contributed by atoms with Crippen molar-refractivity contribution in [2.45, 2.75) is 44.9 Å². The Morgan fingerprint density at radius 3 is 2.63 bits per heavy atom. The number of aryl methyl sites for hydroxylation is 1. The summed E-state index contributed by atoms with van der Waals surface area (Å²) >= 11 is 0. The SMILES string of the molecule is Cc1n[n+](-c2ccccc2O)c(C2(C)CCCC2)o1. The molecule has 1 heterocycles. The summed E-state index contributed by atoms with van der Waals surface area (Å²) in [6.45, 7) is 4.06. The van der Waals surface area contributed by atoms with Crippen LogP contribution in [-0.2, 0) is 5.41 Å². The lowest BCUT2D eigenvalue weighted by Crippen LogP contribution is -2.42. The maximum Gasteiger partial charge on any atom is 0.386 e. The summed E-state index contributed by atoms with van der Waals surface area (Å²) < 4.78 is 7.61.